The first-order chi connectivity index (χ1) is 12.1. The van der Waals surface area contributed by atoms with Crippen LogP contribution >= 0.6 is 15.9 Å². The summed E-state index contributed by atoms with van der Waals surface area (Å²) >= 11 is 3.46. The molecule has 3 nitrogen and oxygen atoms in total. The fraction of sp³-hybridized carbons (Fsp3) is 0.409. The van der Waals surface area contributed by atoms with Gasteiger partial charge in [-0.15, -0.1) is 0 Å². The number of fused-ring (bicyclic) bond motifs is 2. The first kappa shape index (κ1) is 19.0. The lowest BCUT2D eigenvalue weighted by Crippen LogP contribution is -2.18. The first-order valence-corrected chi connectivity index (χ1v) is 9.60. The number of Topliss-reactive ketones (excluding diaryl/α,β-unsaturated/α-hetero) is 1. The van der Waals surface area contributed by atoms with Gasteiger partial charge in [-0.1, -0.05) is 43.6 Å². The molecule has 26 heavy (non-hydrogen) atoms. The molecule has 138 valence electrons. The van der Waals surface area contributed by atoms with Crippen LogP contribution in [0.4, 0.5) is 0 Å². The summed E-state index contributed by atoms with van der Waals surface area (Å²) in [5.74, 6) is 2.05. The van der Waals surface area contributed by atoms with Crippen molar-refractivity contribution in [3.63, 3.8) is 0 Å². The maximum atomic E-state index is 11.2. The Bertz CT molecular complexity index is 852. The molecule has 2 aromatic carbocycles. The topological polar surface area (TPSA) is 35.5 Å². The summed E-state index contributed by atoms with van der Waals surface area (Å²) in [5, 5.41) is 0. The van der Waals surface area contributed by atoms with Gasteiger partial charge in [-0.3, -0.25) is 4.79 Å². The fourth-order valence-corrected chi connectivity index (χ4v) is 3.59. The van der Waals surface area contributed by atoms with Gasteiger partial charge >= 0.3 is 0 Å². The summed E-state index contributed by atoms with van der Waals surface area (Å²) < 4.78 is 12.2. The van der Waals surface area contributed by atoms with Crippen molar-refractivity contribution in [1.29, 1.82) is 0 Å². The number of carbonyl (C=O) groups excluding carboxylic acids is 1. The monoisotopic (exact) mass is 416 g/mol. The number of rotatable bonds is 1. The molecule has 2 aliphatic heterocycles. The van der Waals surface area contributed by atoms with E-state index in [1.807, 2.05) is 30.3 Å². The second kappa shape index (κ2) is 6.73. The molecule has 0 N–H and O–H groups in total. The lowest BCUT2D eigenvalue weighted by Gasteiger charge is -2.15. The van der Waals surface area contributed by atoms with Crippen molar-refractivity contribution in [3.8, 4) is 11.5 Å². The normalized spacial score (nSPS) is 17.9. The summed E-state index contributed by atoms with van der Waals surface area (Å²) in [6.07, 6.45) is 0. The van der Waals surface area contributed by atoms with Crippen LogP contribution in [0.15, 0.2) is 40.9 Å². The summed E-state index contributed by atoms with van der Waals surface area (Å²) in [5.41, 5.74) is 3.41. The highest BCUT2D eigenvalue weighted by Gasteiger charge is 2.32. The number of hydrogen-bond acceptors (Lipinski definition) is 3. The molecule has 0 spiro atoms. The van der Waals surface area contributed by atoms with Crippen LogP contribution in [0, 0.1) is 0 Å². The van der Waals surface area contributed by atoms with Crippen molar-refractivity contribution in [2.45, 2.75) is 45.4 Å². The average molecular weight is 417 g/mol. The molecule has 2 aliphatic rings. The molecule has 0 atom stereocenters. The highest BCUT2D eigenvalue weighted by molar-refractivity contribution is 9.10. The van der Waals surface area contributed by atoms with Gasteiger partial charge in [0.25, 0.3) is 0 Å². The van der Waals surface area contributed by atoms with Crippen LogP contribution in [0.25, 0.3) is 0 Å². The smallest absolute Gasteiger partial charge is 0.159 e. The van der Waals surface area contributed by atoms with E-state index < -0.39 is 0 Å². The van der Waals surface area contributed by atoms with E-state index in [4.69, 9.17) is 9.47 Å². The molecule has 0 aliphatic carbocycles. The van der Waals surface area contributed by atoms with Gasteiger partial charge in [0.1, 0.15) is 11.5 Å². The minimum Gasteiger partial charge on any atom is -0.492 e. The molecule has 4 rings (SSSR count). The van der Waals surface area contributed by atoms with E-state index in [1.165, 1.54) is 5.56 Å². The van der Waals surface area contributed by atoms with Crippen LogP contribution in [0.3, 0.4) is 0 Å². The zero-order chi connectivity index (χ0) is 19.1. The van der Waals surface area contributed by atoms with Crippen molar-refractivity contribution in [1.82, 2.24) is 0 Å². The predicted octanol–water partition coefficient (Wildman–Crippen LogP) is 5.68. The van der Waals surface area contributed by atoms with E-state index in [0.717, 1.165) is 33.7 Å². The highest BCUT2D eigenvalue weighted by Crippen LogP contribution is 2.40. The minimum absolute atomic E-state index is 0.0286. The molecule has 0 unspecified atom stereocenters. The summed E-state index contributed by atoms with van der Waals surface area (Å²) in [7, 11) is 0. The van der Waals surface area contributed by atoms with Crippen LogP contribution in [0.1, 0.15) is 56.1 Å². The largest absolute Gasteiger partial charge is 0.492 e. The first-order valence-electron chi connectivity index (χ1n) is 8.81. The third kappa shape index (κ3) is 3.66. The van der Waals surface area contributed by atoms with E-state index >= 15 is 0 Å². The maximum Gasteiger partial charge on any atom is 0.159 e. The Labute approximate surface area is 163 Å². The Morgan fingerprint density at radius 2 is 1.38 bits per heavy atom. The second-order valence-electron chi connectivity index (χ2n) is 8.25. The Balaban J connectivity index is 0.000000152. The number of ether oxygens (including phenoxy) is 2. The summed E-state index contributed by atoms with van der Waals surface area (Å²) in [6.45, 7) is 11.7. The Morgan fingerprint density at radius 3 is 1.92 bits per heavy atom. The molecule has 2 heterocycles. The zero-order valence-electron chi connectivity index (χ0n) is 16.0. The molecule has 2 aromatic rings. The maximum absolute atomic E-state index is 11.2. The van der Waals surface area contributed by atoms with E-state index in [0.29, 0.717) is 6.61 Å². The molecule has 0 aromatic heterocycles. The van der Waals surface area contributed by atoms with Crippen molar-refractivity contribution < 1.29 is 14.3 Å². The van der Waals surface area contributed by atoms with Crippen molar-refractivity contribution in [3.05, 3.63) is 57.6 Å². The molecule has 0 radical (unpaired) electrons. The molecule has 0 bridgehead atoms. The lowest BCUT2D eigenvalue weighted by molar-refractivity contribution is 0.101. The van der Waals surface area contributed by atoms with Crippen molar-refractivity contribution >= 4 is 21.7 Å². The minimum atomic E-state index is 0.0286. The van der Waals surface area contributed by atoms with Crippen molar-refractivity contribution in [2.24, 2.45) is 0 Å². The standard InChI is InChI=1S/C12H14O2.C10H11BrO/c1-8(13)9-4-5-11-10(6-9)12(2,3)7-14-11;1-10(2)6-12-9-4-3-7(11)5-8(9)10/h4-6H,7H2,1-3H3;3-5H,6H2,1-2H3. The van der Waals surface area contributed by atoms with Gasteiger partial charge in [-0.2, -0.15) is 0 Å². The quantitative estimate of drug-likeness (QED) is 0.561. The van der Waals surface area contributed by atoms with Gasteiger partial charge < -0.3 is 9.47 Å². The van der Waals surface area contributed by atoms with Crippen LogP contribution in [-0.4, -0.2) is 19.0 Å². The van der Waals surface area contributed by atoms with Gasteiger partial charge in [0, 0.05) is 32.0 Å². The summed E-state index contributed by atoms with van der Waals surface area (Å²) in [4.78, 5) is 11.2. The molecule has 0 saturated heterocycles. The molecular weight excluding hydrogens is 392 g/mol. The van der Waals surface area contributed by atoms with Crippen LogP contribution in [-0.2, 0) is 10.8 Å². The van der Waals surface area contributed by atoms with Gasteiger partial charge in [0.05, 0.1) is 13.2 Å². The van der Waals surface area contributed by atoms with Crippen LogP contribution in [0.2, 0.25) is 0 Å². The van der Waals surface area contributed by atoms with E-state index in [2.05, 4.69) is 49.7 Å². The number of hydrogen-bond donors (Lipinski definition) is 0. The van der Waals surface area contributed by atoms with Gasteiger partial charge in [0.15, 0.2) is 5.78 Å². The number of halogens is 1. The molecule has 0 saturated carbocycles. The van der Waals surface area contributed by atoms with Crippen LogP contribution in [0.5, 0.6) is 11.5 Å². The number of ketones is 1. The Hall–Kier alpha value is -1.81. The van der Waals surface area contributed by atoms with E-state index in [9.17, 15) is 4.79 Å². The molecule has 4 heteroatoms. The highest BCUT2D eigenvalue weighted by atomic mass is 79.9. The van der Waals surface area contributed by atoms with Gasteiger partial charge in [0.2, 0.25) is 0 Å². The molecule has 0 amide bonds. The number of carbonyl (C=O) groups is 1. The van der Waals surface area contributed by atoms with Gasteiger partial charge in [-0.25, -0.2) is 0 Å². The van der Waals surface area contributed by atoms with Gasteiger partial charge in [-0.05, 0) is 43.3 Å². The zero-order valence-corrected chi connectivity index (χ0v) is 17.6. The predicted molar refractivity (Wildman–Crippen MR) is 108 cm³/mol. The summed E-state index contributed by atoms with van der Waals surface area (Å²) in [6, 6.07) is 11.8. The number of benzene rings is 2. The van der Waals surface area contributed by atoms with E-state index in [1.54, 1.807) is 6.92 Å². The Morgan fingerprint density at radius 1 is 0.885 bits per heavy atom. The van der Waals surface area contributed by atoms with E-state index in [-0.39, 0.29) is 16.6 Å². The third-order valence-electron chi connectivity index (χ3n) is 4.96. The van der Waals surface area contributed by atoms with Crippen LogP contribution < -0.4 is 9.47 Å². The average Bonchev–Trinajstić information content (AvgIpc) is 3.04. The second-order valence-corrected chi connectivity index (χ2v) is 9.17. The molecule has 0 fully saturated rings. The lowest BCUT2D eigenvalue weighted by atomic mass is 9.86. The van der Waals surface area contributed by atoms with Crippen molar-refractivity contribution in [2.75, 3.05) is 13.2 Å². The third-order valence-corrected chi connectivity index (χ3v) is 5.46. The Kier molecular flexibility index (Phi) is 4.91. The molecular formula is C22H25BrO3. The SMILES string of the molecule is CC(=O)c1ccc2c(c1)C(C)(C)CO2.CC1(C)COc2ccc(Br)cc21. The fourth-order valence-electron chi connectivity index (χ4n) is 3.23.